The van der Waals surface area contributed by atoms with Crippen LogP contribution in [0.4, 0.5) is 0 Å². The van der Waals surface area contributed by atoms with Gasteiger partial charge in [-0.25, -0.2) is 0 Å². The van der Waals surface area contributed by atoms with Crippen LogP contribution in [0.15, 0.2) is 42.5 Å². The molecule has 0 aromatic heterocycles. The lowest BCUT2D eigenvalue weighted by molar-refractivity contribution is 0.281. The summed E-state index contributed by atoms with van der Waals surface area (Å²) in [6.07, 6.45) is 2.21. The van der Waals surface area contributed by atoms with Crippen LogP contribution in [0.2, 0.25) is 5.02 Å². The summed E-state index contributed by atoms with van der Waals surface area (Å²) in [5.74, 6) is 1.36. The second-order valence-electron chi connectivity index (χ2n) is 4.42. The number of halogens is 1. The third-order valence-electron chi connectivity index (χ3n) is 2.87. The van der Waals surface area contributed by atoms with Gasteiger partial charge in [-0.2, -0.15) is 0 Å². The predicted octanol–water partition coefficient (Wildman–Crippen LogP) is 4.58. The van der Waals surface area contributed by atoms with Gasteiger partial charge in [-0.15, -0.1) is 0 Å². The van der Waals surface area contributed by atoms with E-state index in [-0.39, 0.29) is 6.61 Å². The Labute approximate surface area is 118 Å². The maximum atomic E-state index is 9.02. The molecule has 2 rings (SSSR count). The summed E-state index contributed by atoms with van der Waals surface area (Å²) >= 11 is 6.10. The minimum Gasteiger partial charge on any atom is -0.456 e. The largest absolute Gasteiger partial charge is 0.456 e. The number of ether oxygens (including phenoxy) is 1. The summed E-state index contributed by atoms with van der Waals surface area (Å²) in [5, 5.41) is 9.53. The van der Waals surface area contributed by atoms with Gasteiger partial charge in [-0.1, -0.05) is 43.1 Å². The molecule has 2 aromatic carbocycles. The molecule has 0 aliphatic heterocycles. The van der Waals surface area contributed by atoms with Crippen LogP contribution in [0.3, 0.4) is 0 Å². The van der Waals surface area contributed by atoms with Gasteiger partial charge < -0.3 is 9.84 Å². The van der Waals surface area contributed by atoms with Crippen LogP contribution in [-0.2, 0) is 13.0 Å². The third-order valence-corrected chi connectivity index (χ3v) is 3.16. The summed E-state index contributed by atoms with van der Waals surface area (Å²) in [5.41, 5.74) is 2.08. The zero-order valence-corrected chi connectivity index (χ0v) is 11.7. The number of aliphatic hydroxyl groups excluding tert-OH is 1. The van der Waals surface area contributed by atoms with Crippen LogP contribution in [0.1, 0.15) is 24.5 Å². The van der Waals surface area contributed by atoms with Crippen molar-refractivity contribution in [3.05, 3.63) is 58.6 Å². The highest BCUT2D eigenvalue weighted by Gasteiger charge is 2.04. The Morgan fingerprint density at radius 2 is 1.74 bits per heavy atom. The van der Waals surface area contributed by atoms with Crippen molar-refractivity contribution in [2.75, 3.05) is 0 Å². The molecule has 2 nitrogen and oxygen atoms in total. The Morgan fingerprint density at radius 1 is 1.05 bits per heavy atom. The molecule has 0 aliphatic carbocycles. The fourth-order valence-corrected chi connectivity index (χ4v) is 2.11. The highest BCUT2D eigenvalue weighted by molar-refractivity contribution is 6.32. The van der Waals surface area contributed by atoms with Crippen molar-refractivity contribution in [1.82, 2.24) is 0 Å². The fraction of sp³-hybridized carbons (Fsp3) is 0.250. The lowest BCUT2D eigenvalue weighted by Gasteiger charge is -2.09. The van der Waals surface area contributed by atoms with Gasteiger partial charge in [-0.3, -0.25) is 0 Å². The first-order valence-corrected chi connectivity index (χ1v) is 6.77. The van der Waals surface area contributed by atoms with Crippen molar-refractivity contribution in [2.24, 2.45) is 0 Å². The number of hydrogen-bond donors (Lipinski definition) is 1. The molecule has 0 bridgehead atoms. The zero-order chi connectivity index (χ0) is 13.7. The summed E-state index contributed by atoms with van der Waals surface area (Å²) < 4.78 is 5.73. The van der Waals surface area contributed by atoms with E-state index in [0.717, 1.165) is 24.2 Å². The van der Waals surface area contributed by atoms with E-state index in [1.165, 1.54) is 5.56 Å². The van der Waals surface area contributed by atoms with E-state index in [0.29, 0.717) is 10.8 Å². The second kappa shape index (κ2) is 6.60. The van der Waals surface area contributed by atoms with Gasteiger partial charge in [0.05, 0.1) is 11.6 Å². The van der Waals surface area contributed by atoms with Crippen molar-refractivity contribution in [2.45, 2.75) is 26.4 Å². The Hall–Kier alpha value is -1.51. The van der Waals surface area contributed by atoms with Crippen molar-refractivity contribution in [1.29, 1.82) is 0 Å². The van der Waals surface area contributed by atoms with Crippen molar-refractivity contribution < 1.29 is 9.84 Å². The van der Waals surface area contributed by atoms with Crippen molar-refractivity contribution in [3.63, 3.8) is 0 Å². The van der Waals surface area contributed by atoms with Gasteiger partial charge in [0, 0.05) is 0 Å². The van der Waals surface area contributed by atoms with Gasteiger partial charge in [0.25, 0.3) is 0 Å². The Kier molecular flexibility index (Phi) is 4.83. The summed E-state index contributed by atoms with van der Waals surface area (Å²) in [4.78, 5) is 0. The molecule has 0 saturated carbocycles. The SMILES string of the molecule is CCCc1ccc(Oc2ccc(CO)cc2Cl)cc1. The maximum Gasteiger partial charge on any atom is 0.146 e. The summed E-state index contributed by atoms with van der Waals surface area (Å²) in [6, 6.07) is 13.3. The third kappa shape index (κ3) is 3.72. The molecule has 3 heteroatoms. The Morgan fingerprint density at radius 3 is 2.32 bits per heavy atom. The first kappa shape index (κ1) is 13.9. The molecular formula is C16H17ClO2. The minimum absolute atomic E-state index is 0.0221. The van der Waals surface area contributed by atoms with Gasteiger partial charge in [0.2, 0.25) is 0 Å². The molecule has 0 atom stereocenters. The topological polar surface area (TPSA) is 29.5 Å². The number of aliphatic hydroxyl groups is 1. The number of benzene rings is 2. The molecule has 1 N–H and O–H groups in total. The molecular weight excluding hydrogens is 260 g/mol. The zero-order valence-electron chi connectivity index (χ0n) is 10.9. The normalized spacial score (nSPS) is 10.5. The second-order valence-corrected chi connectivity index (χ2v) is 4.83. The average Bonchev–Trinajstić information content (AvgIpc) is 2.43. The molecule has 0 fully saturated rings. The van der Waals surface area contributed by atoms with Crippen LogP contribution in [0.5, 0.6) is 11.5 Å². The molecule has 0 spiro atoms. The monoisotopic (exact) mass is 276 g/mol. The minimum atomic E-state index is -0.0221. The quantitative estimate of drug-likeness (QED) is 0.866. The lowest BCUT2D eigenvalue weighted by Crippen LogP contribution is -1.89. The smallest absolute Gasteiger partial charge is 0.146 e. The molecule has 0 amide bonds. The molecule has 0 saturated heterocycles. The van der Waals surface area contributed by atoms with E-state index in [2.05, 4.69) is 19.1 Å². The molecule has 0 unspecified atom stereocenters. The number of rotatable bonds is 5. The van der Waals surface area contributed by atoms with Gasteiger partial charge >= 0.3 is 0 Å². The molecule has 0 heterocycles. The van der Waals surface area contributed by atoms with E-state index in [9.17, 15) is 0 Å². The van der Waals surface area contributed by atoms with E-state index >= 15 is 0 Å². The molecule has 100 valence electrons. The molecule has 0 radical (unpaired) electrons. The van der Waals surface area contributed by atoms with Gasteiger partial charge in [0.1, 0.15) is 11.5 Å². The van der Waals surface area contributed by atoms with E-state index in [4.69, 9.17) is 21.4 Å². The lowest BCUT2D eigenvalue weighted by atomic mass is 10.1. The predicted molar refractivity (Wildman–Crippen MR) is 77.9 cm³/mol. The molecule has 0 aliphatic rings. The van der Waals surface area contributed by atoms with Crippen LogP contribution < -0.4 is 4.74 Å². The maximum absolute atomic E-state index is 9.02. The standard InChI is InChI=1S/C16H17ClO2/c1-2-3-12-4-7-14(8-5-12)19-16-9-6-13(11-18)10-15(16)17/h4-10,18H,2-3,11H2,1H3. The number of hydrogen-bond acceptors (Lipinski definition) is 2. The van der Waals surface area contributed by atoms with Crippen LogP contribution in [0.25, 0.3) is 0 Å². The first-order valence-electron chi connectivity index (χ1n) is 6.39. The Balaban J connectivity index is 2.12. The van der Waals surface area contributed by atoms with Crippen molar-refractivity contribution in [3.8, 4) is 11.5 Å². The van der Waals surface area contributed by atoms with E-state index < -0.39 is 0 Å². The van der Waals surface area contributed by atoms with Gasteiger partial charge in [-0.05, 0) is 41.8 Å². The van der Waals surface area contributed by atoms with Crippen LogP contribution in [0, 0.1) is 0 Å². The fourth-order valence-electron chi connectivity index (χ4n) is 1.87. The highest BCUT2D eigenvalue weighted by atomic mass is 35.5. The average molecular weight is 277 g/mol. The molecule has 2 aromatic rings. The summed E-state index contributed by atoms with van der Waals surface area (Å²) in [6.45, 7) is 2.14. The first-order chi connectivity index (χ1) is 9.22. The summed E-state index contributed by atoms with van der Waals surface area (Å²) in [7, 11) is 0. The molecule has 19 heavy (non-hydrogen) atoms. The van der Waals surface area contributed by atoms with E-state index in [1.54, 1.807) is 18.2 Å². The van der Waals surface area contributed by atoms with Crippen molar-refractivity contribution >= 4 is 11.6 Å². The Bertz CT molecular complexity index is 535. The van der Waals surface area contributed by atoms with Gasteiger partial charge in [0.15, 0.2) is 0 Å². The van der Waals surface area contributed by atoms with Crippen LogP contribution >= 0.6 is 11.6 Å². The van der Waals surface area contributed by atoms with Crippen LogP contribution in [-0.4, -0.2) is 5.11 Å². The number of aryl methyl sites for hydroxylation is 1. The van der Waals surface area contributed by atoms with E-state index in [1.807, 2.05) is 12.1 Å². The highest BCUT2D eigenvalue weighted by Crippen LogP contribution is 2.30.